The van der Waals surface area contributed by atoms with Gasteiger partial charge in [-0.1, -0.05) is 22.9 Å². The summed E-state index contributed by atoms with van der Waals surface area (Å²) in [5.41, 5.74) is 7.12. The Bertz CT molecular complexity index is 448. The number of nitrogens with two attached hydrogens (primary N) is 1. The van der Waals surface area contributed by atoms with E-state index < -0.39 is 0 Å². The van der Waals surface area contributed by atoms with Gasteiger partial charge in [0.05, 0.1) is 23.9 Å². The number of carbonyl (C=O) groups excluding carboxylic acids is 1. The van der Waals surface area contributed by atoms with Crippen molar-refractivity contribution < 1.29 is 9.53 Å². The average Bonchev–Trinajstić information content (AvgIpc) is 2.32. The van der Waals surface area contributed by atoms with E-state index in [9.17, 15) is 4.79 Å². The predicted octanol–water partition coefficient (Wildman–Crippen LogP) is 2.02. The van der Waals surface area contributed by atoms with Gasteiger partial charge in [-0.15, -0.1) is 0 Å². The van der Waals surface area contributed by atoms with Gasteiger partial charge in [-0.25, -0.2) is 0 Å². The number of hydrogen-bond donors (Lipinski definition) is 1. The third-order valence-corrected chi connectivity index (χ3v) is 3.11. The first-order chi connectivity index (χ1) is 7.50. The Morgan fingerprint density at radius 1 is 1.56 bits per heavy atom. The molecule has 0 fully saturated rings. The van der Waals surface area contributed by atoms with Crippen LogP contribution in [0.25, 0.3) is 0 Å². The number of nitrogens with zero attached hydrogens (tertiary/aromatic N) is 1. The lowest BCUT2D eigenvalue weighted by molar-refractivity contribution is -0.122. The van der Waals surface area contributed by atoms with Gasteiger partial charge in [0.2, 0.25) is 5.91 Å². The smallest absolute Gasteiger partial charge is 0.233 e. The van der Waals surface area contributed by atoms with Crippen molar-refractivity contribution in [1.82, 2.24) is 0 Å². The highest BCUT2D eigenvalue weighted by Gasteiger charge is 2.27. The van der Waals surface area contributed by atoms with E-state index in [1.807, 2.05) is 13.0 Å². The molecule has 2 rings (SSSR count). The van der Waals surface area contributed by atoms with E-state index in [0.29, 0.717) is 23.7 Å². The molecular weight excluding hydrogens is 272 g/mol. The minimum absolute atomic E-state index is 0.0382. The summed E-state index contributed by atoms with van der Waals surface area (Å²) in [5.74, 6) is 0.468. The molecular formula is C11H13BrN2O2. The van der Waals surface area contributed by atoms with Crippen molar-refractivity contribution in [3.63, 3.8) is 0 Å². The molecule has 86 valence electrons. The van der Waals surface area contributed by atoms with E-state index in [-0.39, 0.29) is 11.8 Å². The molecule has 1 atom stereocenters. The fourth-order valence-electron chi connectivity index (χ4n) is 1.74. The Kier molecular flexibility index (Phi) is 2.80. The molecule has 0 bridgehead atoms. The monoisotopic (exact) mass is 284 g/mol. The number of anilines is 2. The maximum Gasteiger partial charge on any atom is 0.233 e. The van der Waals surface area contributed by atoms with Gasteiger partial charge >= 0.3 is 0 Å². The fourth-order valence-corrected chi connectivity index (χ4v) is 2.20. The molecule has 16 heavy (non-hydrogen) atoms. The number of ether oxygens (including phenoxy) is 1. The third-order valence-electron chi connectivity index (χ3n) is 2.65. The third kappa shape index (κ3) is 1.75. The first-order valence-electron chi connectivity index (χ1n) is 5.00. The molecule has 0 saturated carbocycles. The molecule has 0 radical (unpaired) electrons. The molecule has 1 aromatic rings. The van der Waals surface area contributed by atoms with Crippen LogP contribution >= 0.6 is 15.9 Å². The number of halogens is 1. The van der Waals surface area contributed by atoms with Crippen LogP contribution in [0.2, 0.25) is 0 Å². The maximum atomic E-state index is 11.9. The van der Waals surface area contributed by atoms with Crippen LogP contribution in [0.4, 0.5) is 11.4 Å². The molecule has 1 unspecified atom stereocenters. The maximum absolute atomic E-state index is 11.9. The number of benzene rings is 1. The zero-order valence-corrected chi connectivity index (χ0v) is 10.7. The number of nitrogen functional groups attached to an aromatic ring is 1. The zero-order chi connectivity index (χ0) is 11.9. The lowest BCUT2D eigenvalue weighted by Crippen LogP contribution is -2.31. The van der Waals surface area contributed by atoms with Crippen LogP contribution in [0.15, 0.2) is 16.6 Å². The Balaban J connectivity index is 2.57. The van der Waals surface area contributed by atoms with Crippen molar-refractivity contribution in [2.75, 3.05) is 24.3 Å². The molecule has 0 saturated heterocycles. The van der Waals surface area contributed by atoms with E-state index >= 15 is 0 Å². The molecule has 2 N–H and O–H groups in total. The summed E-state index contributed by atoms with van der Waals surface area (Å²) in [6, 6.07) is 3.61. The standard InChI is InChI=1S/C11H13BrN2O2/c1-6-5-16-10-8(13)3-7(12)4-9(10)14(2)11(6)15/h3-4,6H,5,13H2,1-2H3. The molecule has 0 aromatic heterocycles. The predicted molar refractivity (Wildman–Crippen MR) is 66.6 cm³/mol. The summed E-state index contributed by atoms with van der Waals surface area (Å²) < 4.78 is 6.41. The minimum Gasteiger partial charge on any atom is -0.488 e. The molecule has 1 heterocycles. The molecule has 1 aromatic carbocycles. The van der Waals surface area contributed by atoms with Gasteiger partial charge in [0.25, 0.3) is 0 Å². The van der Waals surface area contributed by atoms with Crippen LogP contribution in [-0.4, -0.2) is 19.6 Å². The number of rotatable bonds is 0. The van der Waals surface area contributed by atoms with Crippen molar-refractivity contribution in [2.24, 2.45) is 5.92 Å². The largest absolute Gasteiger partial charge is 0.488 e. The van der Waals surface area contributed by atoms with Gasteiger partial charge in [0, 0.05) is 11.5 Å². The molecule has 4 nitrogen and oxygen atoms in total. The Morgan fingerprint density at radius 3 is 2.94 bits per heavy atom. The summed E-state index contributed by atoms with van der Waals surface area (Å²) in [6.07, 6.45) is 0. The van der Waals surface area contributed by atoms with Gasteiger partial charge < -0.3 is 15.4 Å². The first-order valence-corrected chi connectivity index (χ1v) is 5.79. The van der Waals surface area contributed by atoms with Crippen LogP contribution in [0, 0.1) is 5.92 Å². The van der Waals surface area contributed by atoms with Crippen LogP contribution in [0.3, 0.4) is 0 Å². The molecule has 5 heteroatoms. The van der Waals surface area contributed by atoms with Gasteiger partial charge in [-0.05, 0) is 12.1 Å². The Morgan fingerprint density at radius 2 is 2.25 bits per heavy atom. The number of carbonyl (C=O) groups is 1. The van der Waals surface area contributed by atoms with Crippen molar-refractivity contribution in [3.05, 3.63) is 16.6 Å². The van der Waals surface area contributed by atoms with Crippen molar-refractivity contribution in [2.45, 2.75) is 6.92 Å². The average molecular weight is 285 g/mol. The zero-order valence-electron chi connectivity index (χ0n) is 9.16. The summed E-state index contributed by atoms with van der Waals surface area (Å²) >= 11 is 3.36. The normalized spacial score (nSPS) is 20.1. The molecule has 0 spiro atoms. The Labute approximate surface area is 102 Å². The summed E-state index contributed by atoms with van der Waals surface area (Å²) in [6.45, 7) is 2.21. The minimum atomic E-state index is -0.157. The topological polar surface area (TPSA) is 55.6 Å². The summed E-state index contributed by atoms with van der Waals surface area (Å²) in [7, 11) is 1.73. The van der Waals surface area contributed by atoms with Gasteiger partial charge in [-0.3, -0.25) is 4.79 Å². The van der Waals surface area contributed by atoms with Crippen LogP contribution in [0.5, 0.6) is 5.75 Å². The fraction of sp³-hybridized carbons (Fsp3) is 0.364. The van der Waals surface area contributed by atoms with E-state index in [2.05, 4.69) is 15.9 Å². The van der Waals surface area contributed by atoms with E-state index in [0.717, 1.165) is 4.47 Å². The summed E-state index contributed by atoms with van der Waals surface area (Å²) in [4.78, 5) is 13.5. The van der Waals surface area contributed by atoms with E-state index in [1.165, 1.54) is 0 Å². The van der Waals surface area contributed by atoms with Crippen molar-refractivity contribution in [1.29, 1.82) is 0 Å². The number of fused-ring (bicyclic) bond motifs is 1. The first kappa shape index (κ1) is 11.3. The lowest BCUT2D eigenvalue weighted by Gasteiger charge is -2.18. The molecule has 1 aliphatic rings. The van der Waals surface area contributed by atoms with Crippen LogP contribution < -0.4 is 15.4 Å². The van der Waals surface area contributed by atoms with E-state index in [1.54, 1.807) is 18.0 Å². The lowest BCUT2D eigenvalue weighted by atomic mass is 10.1. The van der Waals surface area contributed by atoms with Crippen molar-refractivity contribution in [3.8, 4) is 5.75 Å². The van der Waals surface area contributed by atoms with Crippen LogP contribution in [-0.2, 0) is 4.79 Å². The molecule has 1 aliphatic heterocycles. The van der Waals surface area contributed by atoms with Gasteiger partial charge in [0.15, 0.2) is 5.75 Å². The van der Waals surface area contributed by atoms with E-state index in [4.69, 9.17) is 10.5 Å². The number of amides is 1. The van der Waals surface area contributed by atoms with Gasteiger partial charge in [-0.2, -0.15) is 0 Å². The Hall–Kier alpha value is -1.23. The number of hydrogen-bond acceptors (Lipinski definition) is 3. The highest BCUT2D eigenvalue weighted by Crippen LogP contribution is 2.39. The van der Waals surface area contributed by atoms with Crippen LogP contribution in [0.1, 0.15) is 6.92 Å². The highest BCUT2D eigenvalue weighted by atomic mass is 79.9. The van der Waals surface area contributed by atoms with Crippen molar-refractivity contribution >= 4 is 33.2 Å². The highest BCUT2D eigenvalue weighted by molar-refractivity contribution is 9.10. The van der Waals surface area contributed by atoms with Gasteiger partial charge in [0.1, 0.15) is 0 Å². The SMILES string of the molecule is CC1COc2c(N)cc(Br)cc2N(C)C1=O. The second-order valence-corrected chi connectivity index (χ2v) is 4.87. The molecule has 0 aliphatic carbocycles. The quantitative estimate of drug-likeness (QED) is 0.742. The second-order valence-electron chi connectivity index (χ2n) is 3.95. The second kappa shape index (κ2) is 3.97. The molecule has 1 amide bonds. The summed E-state index contributed by atoms with van der Waals surface area (Å²) in [5, 5.41) is 0.